The highest BCUT2D eigenvalue weighted by atomic mass is 16.7. The molecular formula is C84H141NO13. The van der Waals surface area contributed by atoms with Crippen LogP contribution in [0.5, 0.6) is 0 Å². The van der Waals surface area contributed by atoms with Crippen molar-refractivity contribution in [3.63, 3.8) is 0 Å². The number of aliphatic hydroxyl groups excluding tert-OH is 8. The van der Waals surface area contributed by atoms with Crippen LogP contribution in [0, 0.1) is 0 Å². The van der Waals surface area contributed by atoms with E-state index in [0.29, 0.717) is 12.8 Å². The van der Waals surface area contributed by atoms with Gasteiger partial charge in [-0.25, -0.2) is 0 Å². The molecule has 14 nitrogen and oxygen atoms in total. The highest BCUT2D eigenvalue weighted by Crippen LogP contribution is 2.30. The summed E-state index contributed by atoms with van der Waals surface area (Å²) in [5, 5.41) is 87.6. The minimum atomic E-state index is -1.80. The van der Waals surface area contributed by atoms with Gasteiger partial charge in [0.1, 0.15) is 48.8 Å². The molecule has 2 saturated heterocycles. The Labute approximate surface area is 595 Å². The van der Waals surface area contributed by atoms with Crippen LogP contribution < -0.4 is 5.32 Å². The monoisotopic (exact) mass is 1370 g/mol. The summed E-state index contributed by atoms with van der Waals surface area (Å²) in [6.07, 6.45) is 83.4. The predicted molar refractivity (Wildman–Crippen MR) is 405 cm³/mol. The van der Waals surface area contributed by atoms with E-state index in [1.165, 1.54) is 135 Å². The summed E-state index contributed by atoms with van der Waals surface area (Å²) in [5.41, 5.74) is 0. The fourth-order valence-electron chi connectivity index (χ4n) is 11.9. The SMILES string of the molecule is CC/C=C\C/C=C\C/C=C\C/C=C\C/C=C\C/C=C\C/C=C\C/C=C\C/C=C\C/C=C\CCCCCCCCC(=O)NC(COC1OC(CO)C(OC2OC(CO)C(O)C(O)C2O)C(O)C1O)C(O)/C=C/CC/C=C/CCCCCCCCCCCCCCCCCCCCCCC. The Balaban J connectivity index is 1.67. The molecule has 0 radical (unpaired) electrons. The molecule has 14 heteroatoms. The van der Waals surface area contributed by atoms with E-state index in [2.05, 4.69) is 153 Å². The maximum Gasteiger partial charge on any atom is 0.220 e. The zero-order valence-corrected chi connectivity index (χ0v) is 61.2. The molecule has 0 bridgehead atoms. The molecule has 9 N–H and O–H groups in total. The minimum absolute atomic E-state index is 0.247. The van der Waals surface area contributed by atoms with Crippen LogP contribution in [0.15, 0.2) is 146 Å². The Kier molecular flexibility index (Phi) is 60.7. The first kappa shape index (κ1) is 90.0. The number of aliphatic hydroxyl groups is 8. The summed E-state index contributed by atoms with van der Waals surface area (Å²) in [5.74, 6) is -0.267. The number of allylic oxidation sites excluding steroid dienone is 23. The van der Waals surface area contributed by atoms with Crippen molar-refractivity contribution in [2.24, 2.45) is 0 Å². The second kappa shape index (κ2) is 66.1. The zero-order chi connectivity index (χ0) is 70.8. The van der Waals surface area contributed by atoms with Gasteiger partial charge >= 0.3 is 0 Å². The Morgan fingerprint density at radius 2 is 0.714 bits per heavy atom. The van der Waals surface area contributed by atoms with Crippen molar-refractivity contribution in [2.45, 2.75) is 357 Å². The standard InChI is InChI=1S/C84H141NO13/c1-3-5-7-9-11-13-15-17-19-21-23-25-27-29-31-32-33-34-35-36-37-38-39-40-42-44-46-48-50-52-54-56-58-60-62-64-66-68-76(89)85-72(71-95-83-81(94)79(92)82(75(70-87)97-83)98-84-80(93)78(91)77(90)74(69-86)96-84)73(88)67-65-63-61-59-57-55-53-51-49-47-45-43-41-30-28-26-24-22-20-18-16-14-12-10-8-6-4-2/h5,7,11,13,17,19,23,25,29,31,33-34,36-37,39-40,44,46,50,52,57,59,65,67,72-75,77-84,86-88,90-94H,3-4,6,8-10,12,14-16,18,20-22,24,26-28,30,32,35,38,41-43,45,47-49,51,53-56,58,60-64,66,68-71H2,1-2H3,(H,85,89)/b7-5-,13-11-,19-17-,25-23-,31-29-,34-33-,37-36-,40-39-,46-44-,52-50-,59-57+,67-65+. The Hall–Kier alpha value is -4.13. The van der Waals surface area contributed by atoms with Gasteiger partial charge in [-0.3, -0.25) is 4.79 Å². The molecule has 0 aromatic rings. The smallest absolute Gasteiger partial charge is 0.220 e. The zero-order valence-electron chi connectivity index (χ0n) is 61.2. The summed E-state index contributed by atoms with van der Waals surface area (Å²) >= 11 is 0. The number of carbonyl (C=O) groups is 1. The van der Waals surface area contributed by atoms with Crippen molar-refractivity contribution >= 4 is 5.91 Å². The van der Waals surface area contributed by atoms with Gasteiger partial charge in [-0.15, -0.1) is 0 Å². The highest BCUT2D eigenvalue weighted by Gasteiger charge is 2.51. The maximum atomic E-state index is 13.4. The number of hydrogen-bond donors (Lipinski definition) is 9. The molecule has 12 atom stereocenters. The van der Waals surface area contributed by atoms with Crippen LogP contribution in [-0.2, 0) is 23.7 Å². The minimum Gasteiger partial charge on any atom is -0.394 e. The first-order chi connectivity index (χ1) is 48.1. The molecule has 2 rings (SSSR count). The number of unbranched alkanes of at least 4 members (excludes halogenated alkanes) is 28. The number of hydrogen-bond acceptors (Lipinski definition) is 13. The van der Waals surface area contributed by atoms with Gasteiger partial charge in [0.05, 0.1) is 32.0 Å². The topological polar surface area (TPSA) is 228 Å². The average Bonchev–Trinajstić information content (AvgIpc) is 0.793. The van der Waals surface area contributed by atoms with Crippen LogP contribution in [0.4, 0.5) is 0 Å². The Morgan fingerprint density at radius 1 is 0.378 bits per heavy atom. The van der Waals surface area contributed by atoms with Gasteiger partial charge in [-0.1, -0.05) is 314 Å². The average molecular weight is 1370 g/mol. The van der Waals surface area contributed by atoms with E-state index in [1.807, 2.05) is 6.08 Å². The fraction of sp³-hybridized carbons (Fsp3) is 0.702. The number of rotatable bonds is 63. The summed E-state index contributed by atoms with van der Waals surface area (Å²) < 4.78 is 22.9. The van der Waals surface area contributed by atoms with Crippen LogP contribution >= 0.6 is 0 Å². The van der Waals surface area contributed by atoms with E-state index in [0.717, 1.165) is 116 Å². The van der Waals surface area contributed by atoms with E-state index in [4.69, 9.17) is 18.9 Å². The summed E-state index contributed by atoms with van der Waals surface area (Å²) in [6.45, 7) is 2.68. The van der Waals surface area contributed by atoms with Crippen LogP contribution in [0.2, 0.25) is 0 Å². The maximum absolute atomic E-state index is 13.4. The van der Waals surface area contributed by atoms with Gasteiger partial charge in [-0.05, 0) is 109 Å². The molecule has 0 aromatic heterocycles. The van der Waals surface area contributed by atoms with Crippen molar-refractivity contribution in [1.82, 2.24) is 5.32 Å². The van der Waals surface area contributed by atoms with Crippen molar-refractivity contribution in [2.75, 3.05) is 19.8 Å². The van der Waals surface area contributed by atoms with Gasteiger partial charge < -0.3 is 65.1 Å². The van der Waals surface area contributed by atoms with Crippen molar-refractivity contribution in [3.8, 4) is 0 Å². The number of ether oxygens (including phenoxy) is 4. The Morgan fingerprint density at radius 3 is 1.12 bits per heavy atom. The van der Waals surface area contributed by atoms with Crippen molar-refractivity contribution in [1.29, 1.82) is 0 Å². The van der Waals surface area contributed by atoms with Gasteiger partial charge in [0.25, 0.3) is 0 Å². The van der Waals surface area contributed by atoms with Crippen LogP contribution in [0.3, 0.4) is 0 Å². The molecule has 2 aliphatic rings. The second-order valence-electron chi connectivity index (χ2n) is 26.7. The largest absolute Gasteiger partial charge is 0.394 e. The number of carbonyl (C=O) groups excluding carboxylic acids is 1. The lowest BCUT2D eigenvalue weighted by Gasteiger charge is -2.46. The summed E-state index contributed by atoms with van der Waals surface area (Å²) in [7, 11) is 0. The van der Waals surface area contributed by atoms with E-state index in [-0.39, 0.29) is 18.9 Å². The normalized spacial score (nSPS) is 22.9. The van der Waals surface area contributed by atoms with Crippen molar-refractivity contribution < 1.29 is 64.6 Å². The van der Waals surface area contributed by atoms with Gasteiger partial charge in [0.15, 0.2) is 12.6 Å². The third-order valence-electron chi connectivity index (χ3n) is 18.0. The molecule has 2 aliphatic heterocycles. The molecule has 1 amide bonds. The molecule has 0 saturated carbocycles. The van der Waals surface area contributed by atoms with E-state index < -0.39 is 86.8 Å². The first-order valence-corrected chi connectivity index (χ1v) is 39.1. The highest BCUT2D eigenvalue weighted by molar-refractivity contribution is 5.76. The molecule has 0 spiro atoms. The molecule has 0 aromatic carbocycles. The van der Waals surface area contributed by atoms with Crippen LogP contribution in [0.1, 0.15) is 284 Å². The lowest BCUT2D eigenvalue weighted by atomic mass is 9.97. The van der Waals surface area contributed by atoms with E-state index in [9.17, 15) is 45.6 Å². The van der Waals surface area contributed by atoms with Crippen molar-refractivity contribution in [3.05, 3.63) is 146 Å². The molecule has 2 heterocycles. The van der Waals surface area contributed by atoms with E-state index in [1.54, 1.807) is 6.08 Å². The molecular weight excluding hydrogens is 1230 g/mol. The summed E-state index contributed by atoms with van der Waals surface area (Å²) in [6, 6.07) is -0.953. The Bertz CT molecular complexity index is 2210. The molecule has 560 valence electrons. The molecule has 0 aliphatic carbocycles. The number of nitrogens with one attached hydrogen (secondary N) is 1. The molecule has 12 unspecified atom stereocenters. The van der Waals surface area contributed by atoms with Crippen LogP contribution in [-0.4, -0.2) is 140 Å². The van der Waals surface area contributed by atoms with Crippen LogP contribution in [0.25, 0.3) is 0 Å². The lowest BCUT2D eigenvalue weighted by Crippen LogP contribution is -2.65. The molecule has 2 fully saturated rings. The quantitative estimate of drug-likeness (QED) is 0.0204. The molecule has 98 heavy (non-hydrogen) atoms. The third-order valence-corrected chi connectivity index (χ3v) is 18.0. The third kappa shape index (κ3) is 48.7. The second-order valence-corrected chi connectivity index (χ2v) is 26.7. The first-order valence-electron chi connectivity index (χ1n) is 39.1. The lowest BCUT2D eigenvalue weighted by molar-refractivity contribution is -0.359. The number of amides is 1. The predicted octanol–water partition coefficient (Wildman–Crippen LogP) is 17.6. The fourth-order valence-corrected chi connectivity index (χ4v) is 11.9. The van der Waals surface area contributed by atoms with Gasteiger partial charge in [0, 0.05) is 6.42 Å². The van der Waals surface area contributed by atoms with E-state index >= 15 is 0 Å². The van der Waals surface area contributed by atoms with Gasteiger partial charge in [-0.2, -0.15) is 0 Å². The van der Waals surface area contributed by atoms with Gasteiger partial charge in [0.2, 0.25) is 5.91 Å². The summed E-state index contributed by atoms with van der Waals surface area (Å²) in [4.78, 5) is 13.4.